The Bertz CT molecular complexity index is 1090. The van der Waals surface area contributed by atoms with E-state index in [4.69, 9.17) is 9.15 Å². The van der Waals surface area contributed by atoms with Crippen molar-refractivity contribution < 1.29 is 18.7 Å². The summed E-state index contributed by atoms with van der Waals surface area (Å²) in [4.78, 5) is 26.3. The Labute approximate surface area is 188 Å². The fraction of sp³-hybridized carbons (Fsp3) is 0.429. The monoisotopic (exact) mass is 460 g/mol. The van der Waals surface area contributed by atoms with Crippen LogP contribution in [0.15, 0.2) is 28.0 Å². The number of aromatic nitrogens is 3. The fourth-order valence-electron chi connectivity index (χ4n) is 3.72. The SMILES string of the molecule is CCn1c(SCC(=O)Nc2sc3c(c2C(=O)OC)CCC(C)C3)nnc1-c1ccco1. The van der Waals surface area contributed by atoms with E-state index in [1.54, 1.807) is 12.3 Å². The topological polar surface area (TPSA) is 99.2 Å². The van der Waals surface area contributed by atoms with Crippen LogP contribution in [-0.4, -0.2) is 39.5 Å². The van der Waals surface area contributed by atoms with Crippen LogP contribution in [-0.2, 0) is 28.9 Å². The molecule has 31 heavy (non-hydrogen) atoms. The molecule has 1 aliphatic carbocycles. The van der Waals surface area contributed by atoms with E-state index >= 15 is 0 Å². The second kappa shape index (κ2) is 9.27. The van der Waals surface area contributed by atoms with Crippen LogP contribution >= 0.6 is 23.1 Å². The van der Waals surface area contributed by atoms with Crippen LogP contribution in [0.4, 0.5) is 5.00 Å². The molecule has 3 heterocycles. The fourth-order valence-corrected chi connectivity index (χ4v) is 5.94. The van der Waals surface area contributed by atoms with Gasteiger partial charge in [-0.25, -0.2) is 4.79 Å². The van der Waals surface area contributed by atoms with Gasteiger partial charge in [0, 0.05) is 11.4 Å². The first-order valence-electron chi connectivity index (χ1n) is 10.1. The molecule has 0 fully saturated rings. The van der Waals surface area contributed by atoms with Crippen LogP contribution < -0.4 is 5.32 Å². The van der Waals surface area contributed by atoms with Crippen molar-refractivity contribution in [1.29, 1.82) is 0 Å². The molecule has 0 bridgehead atoms. The number of carbonyl (C=O) groups excluding carboxylic acids is 2. The molecule has 0 spiro atoms. The number of hydrogen-bond donors (Lipinski definition) is 1. The molecule has 0 aromatic carbocycles. The molecule has 1 amide bonds. The Morgan fingerprint density at radius 2 is 2.26 bits per heavy atom. The molecule has 1 N–H and O–H groups in total. The van der Waals surface area contributed by atoms with E-state index in [0.717, 1.165) is 29.7 Å². The van der Waals surface area contributed by atoms with E-state index in [9.17, 15) is 9.59 Å². The number of fused-ring (bicyclic) bond motifs is 1. The number of methoxy groups -OCH3 is 1. The lowest BCUT2D eigenvalue weighted by Gasteiger charge is -2.18. The van der Waals surface area contributed by atoms with E-state index in [2.05, 4.69) is 22.4 Å². The van der Waals surface area contributed by atoms with Crippen molar-refractivity contribution in [3.8, 4) is 11.6 Å². The molecular weight excluding hydrogens is 436 g/mol. The first-order chi connectivity index (χ1) is 15.0. The Morgan fingerprint density at radius 1 is 1.42 bits per heavy atom. The zero-order valence-corrected chi connectivity index (χ0v) is 19.3. The molecular formula is C21H24N4O4S2. The summed E-state index contributed by atoms with van der Waals surface area (Å²) in [6.45, 7) is 4.84. The third kappa shape index (κ3) is 4.40. The normalized spacial score (nSPS) is 15.5. The van der Waals surface area contributed by atoms with E-state index in [1.165, 1.54) is 30.2 Å². The largest absolute Gasteiger partial charge is 0.465 e. The highest BCUT2D eigenvalue weighted by Gasteiger charge is 2.29. The number of thiophene rings is 1. The maximum absolute atomic E-state index is 12.7. The maximum atomic E-state index is 12.7. The van der Waals surface area contributed by atoms with E-state index in [1.807, 2.05) is 17.6 Å². The van der Waals surface area contributed by atoms with Crippen molar-refractivity contribution in [2.45, 2.75) is 44.8 Å². The van der Waals surface area contributed by atoms with Crippen LogP contribution in [0.25, 0.3) is 11.6 Å². The first-order valence-corrected chi connectivity index (χ1v) is 11.9. The van der Waals surface area contributed by atoms with Crippen LogP contribution in [0.3, 0.4) is 0 Å². The van der Waals surface area contributed by atoms with Crippen molar-refractivity contribution in [1.82, 2.24) is 14.8 Å². The number of hydrogen-bond acceptors (Lipinski definition) is 8. The molecule has 8 nitrogen and oxygen atoms in total. The van der Waals surface area contributed by atoms with Crippen molar-refractivity contribution in [2.24, 2.45) is 5.92 Å². The molecule has 0 radical (unpaired) electrons. The lowest BCUT2D eigenvalue weighted by atomic mass is 9.88. The average molecular weight is 461 g/mol. The molecule has 0 aliphatic heterocycles. The van der Waals surface area contributed by atoms with Gasteiger partial charge in [-0.3, -0.25) is 9.36 Å². The molecule has 1 aliphatic rings. The predicted molar refractivity (Wildman–Crippen MR) is 120 cm³/mol. The van der Waals surface area contributed by atoms with Gasteiger partial charge < -0.3 is 14.5 Å². The molecule has 4 rings (SSSR count). The van der Waals surface area contributed by atoms with Crippen LogP contribution in [0.1, 0.15) is 41.1 Å². The molecule has 10 heteroatoms. The number of rotatable bonds is 7. The second-order valence-corrected chi connectivity index (χ2v) is 9.46. The summed E-state index contributed by atoms with van der Waals surface area (Å²) < 4.78 is 12.3. The van der Waals surface area contributed by atoms with Crippen molar-refractivity contribution in [3.05, 3.63) is 34.4 Å². The lowest BCUT2D eigenvalue weighted by Crippen LogP contribution is -2.17. The molecule has 1 atom stereocenters. The zero-order valence-electron chi connectivity index (χ0n) is 17.6. The smallest absolute Gasteiger partial charge is 0.341 e. The van der Waals surface area contributed by atoms with Gasteiger partial charge in [0.15, 0.2) is 16.7 Å². The minimum absolute atomic E-state index is 0.149. The van der Waals surface area contributed by atoms with Crippen molar-refractivity contribution in [2.75, 3.05) is 18.2 Å². The highest BCUT2D eigenvalue weighted by Crippen LogP contribution is 2.40. The Kier molecular flexibility index (Phi) is 6.47. The standard InChI is InChI=1S/C21H24N4O4S2/c1-4-25-18(14-6-5-9-29-14)23-24-21(25)30-11-16(26)22-19-17(20(27)28-3)13-8-7-12(2)10-15(13)31-19/h5-6,9,12H,4,7-8,10-11H2,1-3H3,(H,22,26). The predicted octanol–water partition coefficient (Wildman–Crippen LogP) is 4.26. The highest BCUT2D eigenvalue weighted by molar-refractivity contribution is 7.99. The third-order valence-electron chi connectivity index (χ3n) is 5.26. The number of thioether (sulfide) groups is 1. The minimum atomic E-state index is -0.399. The summed E-state index contributed by atoms with van der Waals surface area (Å²) in [5.41, 5.74) is 1.52. The number of nitrogens with one attached hydrogen (secondary N) is 1. The van der Waals surface area contributed by atoms with E-state index in [-0.39, 0.29) is 11.7 Å². The number of anilines is 1. The molecule has 1 unspecified atom stereocenters. The molecule has 0 saturated heterocycles. The number of furan rings is 1. The van der Waals surface area contributed by atoms with E-state index < -0.39 is 5.97 Å². The first kappa shape index (κ1) is 21.6. The van der Waals surface area contributed by atoms with Crippen LogP contribution in [0.2, 0.25) is 0 Å². The van der Waals surface area contributed by atoms with Crippen molar-refractivity contribution in [3.63, 3.8) is 0 Å². The van der Waals surface area contributed by atoms with Gasteiger partial charge in [-0.2, -0.15) is 0 Å². The third-order valence-corrected chi connectivity index (χ3v) is 7.40. The van der Waals surface area contributed by atoms with Gasteiger partial charge in [-0.05, 0) is 49.8 Å². The maximum Gasteiger partial charge on any atom is 0.341 e. The van der Waals surface area contributed by atoms with Crippen molar-refractivity contribution >= 4 is 40.0 Å². The summed E-state index contributed by atoms with van der Waals surface area (Å²) in [5, 5.41) is 12.5. The molecule has 3 aromatic rings. The molecule has 3 aromatic heterocycles. The van der Waals surface area contributed by atoms with Crippen LogP contribution in [0.5, 0.6) is 0 Å². The number of carbonyl (C=O) groups is 2. The Morgan fingerprint density at radius 3 is 2.97 bits per heavy atom. The number of amides is 1. The summed E-state index contributed by atoms with van der Waals surface area (Å²) >= 11 is 2.78. The summed E-state index contributed by atoms with van der Waals surface area (Å²) in [6.07, 6.45) is 4.37. The van der Waals surface area contributed by atoms with Gasteiger partial charge in [0.05, 0.1) is 24.7 Å². The number of ether oxygens (including phenoxy) is 1. The minimum Gasteiger partial charge on any atom is -0.465 e. The van der Waals surface area contributed by atoms with Gasteiger partial charge in [0.2, 0.25) is 5.91 Å². The quantitative estimate of drug-likeness (QED) is 0.415. The zero-order chi connectivity index (χ0) is 22.0. The van der Waals surface area contributed by atoms with Gasteiger partial charge >= 0.3 is 5.97 Å². The van der Waals surface area contributed by atoms with Gasteiger partial charge in [0.25, 0.3) is 0 Å². The van der Waals surface area contributed by atoms with Gasteiger partial charge in [0.1, 0.15) is 5.00 Å². The molecule has 164 valence electrons. The second-order valence-electron chi connectivity index (χ2n) is 7.41. The lowest BCUT2D eigenvalue weighted by molar-refractivity contribution is -0.113. The van der Waals surface area contributed by atoms with Crippen LogP contribution in [0, 0.1) is 5.92 Å². The van der Waals surface area contributed by atoms with Gasteiger partial charge in [-0.1, -0.05) is 18.7 Å². The Balaban J connectivity index is 1.48. The molecule has 0 saturated carbocycles. The summed E-state index contributed by atoms with van der Waals surface area (Å²) in [5.74, 6) is 1.38. The van der Waals surface area contributed by atoms with E-state index in [0.29, 0.717) is 39.8 Å². The number of esters is 1. The van der Waals surface area contributed by atoms with Gasteiger partial charge in [-0.15, -0.1) is 21.5 Å². The Hall–Kier alpha value is -2.59. The highest BCUT2D eigenvalue weighted by atomic mass is 32.2. The average Bonchev–Trinajstić information content (AvgIpc) is 3.49. The number of nitrogens with zero attached hydrogens (tertiary/aromatic N) is 3. The summed E-state index contributed by atoms with van der Waals surface area (Å²) in [7, 11) is 1.37. The summed E-state index contributed by atoms with van der Waals surface area (Å²) in [6, 6.07) is 3.62.